The van der Waals surface area contributed by atoms with Gasteiger partial charge < -0.3 is 15.0 Å². The lowest BCUT2D eigenvalue weighted by Crippen LogP contribution is -2.49. The zero-order valence-corrected chi connectivity index (χ0v) is 23.0. The topological polar surface area (TPSA) is 102 Å². The van der Waals surface area contributed by atoms with Crippen molar-refractivity contribution in [2.45, 2.75) is 30.8 Å². The molecular weight excluding hydrogens is 537 g/mol. The summed E-state index contributed by atoms with van der Waals surface area (Å²) in [4.78, 5) is 40.9. The van der Waals surface area contributed by atoms with Gasteiger partial charge in [-0.3, -0.25) is 19.7 Å². The highest BCUT2D eigenvalue weighted by atomic mass is 19.1. The zero-order chi connectivity index (χ0) is 29.7. The Balaban J connectivity index is 1.60. The second-order valence-electron chi connectivity index (χ2n) is 10.2. The maximum absolute atomic E-state index is 15.8. The van der Waals surface area contributed by atoms with Crippen molar-refractivity contribution in [3.63, 3.8) is 0 Å². The highest BCUT2D eigenvalue weighted by molar-refractivity contribution is 5.98. The van der Waals surface area contributed by atoms with Crippen molar-refractivity contribution in [1.82, 2.24) is 10.2 Å². The predicted octanol–water partition coefficient (Wildman–Crippen LogP) is 5.51. The van der Waals surface area contributed by atoms with Crippen LogP contribution in [-0.4, -0.2) is 35.3 Å². The minimum absolute atomic E-state index is 0.177. The Kier molecular flexibility index (Phi) is 8.28. The molecule has 0 bridgehead atoms. The van der Waals surface area contributed by atoms with Gasteiger partial charge in [-0.05, 0) is 41.3 Å². The van der Waals surface area contributed by atoms with E-state index in [-0.39, 0.29) is 36.7 Å². The smallest absolute Gasteiger partial charge is 0.269 e. The molecule has 2 atom stereocenters. The van der Waals surface area contributed by atoms with E-state index in [0.717, 1.165) is 29.3 Å². The molecule has 0 radical (unpaired) electrons. The first kappa shape index (κ1) is 28.5. The van der Waals surface area contributed by atoms with E-state index in [2.05, 4.69) is 5.32 Å². The fourth-order valence-electron chi connectivity index (χ4n) is 5.71. The van der Waals surface area contributed by atoms with Crippen LogP contribution < -0.4 is 10.1 Å². The van der Waals surface area contributed by atoms with Gasteiger partial charge in [-0.25, -0.2) is 4.39 Å². The number of likely N-dealkylation sites (tertiary alicyclic amines) is 1. The molecular formula is C33H30FN3O5. The molecule has 2 amide bonds. The number of non-ortho nitro benzene ring substituents is 1. The molecule has 1 saturated heterocycles. The van der Waals surface area contributed by atoms with E-state index in [4.69, 9.17) is 4.74 Å². The van der Waals surface area contributed by atoms with E-state index in [9.17, 15) is 19.7 Å². The van der Waals surface area contributed by atoms with Crippen LogP contribution in [0.4, 0.5) is 10.1 Å². The molecule has 0 aromatic heterocycles. The Morgan fingerprint density at radius 2 is 1.67 bits per heavy atom. The molecule has 1 fully saturated rings. The number of carbonyl (C=O) groups excluding carboxylic acids is 2. The van der Waals surface area contributed by atoms with E-state index < -0.39 is 28.1 Å². The summed E-state index contributed by atoms with van der Waals surface area (Å²) in [5.41, 5.74) is 0.0782. The molecule has 0 aliphatic carbocycles. The number of hydrogen-bond acceptors (Lipinski definition) is 5. The summed E-state index contributed by atoms with van der Waals surface area (Å²) in [6.45, 7) is 0.383. The Morgan fingerprint density at radius 3 is 2.31 bits per heavy atom. The minimum Gasteiger partial charge on any atom is -0.497 e. The summed E-state index contributed by atoms with van der Waals surface area (Å²) in [5.74, 6) is -1.02. The number of hydrogen-bond donors (Lipinski definition) is 1. The van der Waals surface area contributed by atoms with E-state index in [1.165, 1.54) is 0 Å². The monoisotopic (exact) mass is 567 g/mol. The van der Waals surface area contributed by atoms with Crippen LogP contribution in [0.5, 0.6) is 5.75 Å². The molecule has 1 N–H and O–H groups in total. The number of ether oxygens (including phenoxy) is 1. The van der Waals surface area contributed by atoms with Crippen molar-refractivity contribution >= 4 is 17.5 Å². The Morgan fingerprint density at radius 1 is 1.00 bits per heavy atom. The lowest BCUT2D eigenvalue weighted by molar-refractivity contribution is -0.385. The maximum Gasteiger partial charge on any atom is 0.269 e. The highest BCUT2D eigenvalue weighted by Gasteiger charge is 2.59. The summed E-state index contributed by atoms with van der Waals surface area (Å²) < 4.78 is 21.0. The third kappa shape index (κ3) is 5.58. The SMILES string of the molecule is COc1ccc(CCNC(=O)[C@]2(c3cc([N+](=O)[O-])ccc3F)CC(=O)N(Cc3ccccc3)[C@@H]2c2ccccc2)cc1. The first-order valence-electron chi connectivity index (χ1n) is 13.6. The average Bonchev–Trinajstić information content (AvgIpc) is 3.30. The third-order valence-corrected chi connectivity index (χ3v) is 7.74. The number of rotatable bonds is 10. The number of benzene rings is 4. The number of nitro groups is 1. The molecule has 9 heteroatoms. The summed E-state index contributed by atoms with van der Waals surface area (Å²) in [7, 11) is 1.58. The predicted molar refractivity (Wildman–Crippen MR) is 155 cm³/mol. The Labute approximate surface area is 242 Å². The lowest BCUT2D eigenvalue weighted by atomic mass is 9.70. The molecule has 0 spiro atoms. The van der Waals surface area contributed by atoms with E-state index in [0.29, 0.717) is 17.7 Å². The molecule has 4 aromatic carbocycles. The van der Waals surface area contributed by atoms with Gasteiger partial charge in [0.15, 0.2) is 0 Å². The first-order chi connectivity index (χ1) is 20.3. The van der Waals surface area contributed by atoms with Crippen LogP contribution in [0.1, 0.15) is 34.7 Å². The van der Waals surface area contributed by atoms with Crippen molar-refractivity contribution in [2.75, 3.05) is 13.7 Å². The maximum atomic E-state index is 15.8. The van der Waals surface area contributed by atoms with Crippen molar-refractivity contribution in [3.05, 3.63) is 141 Å². The van der Waals surface area contributed by atoms with Crippen LogP contribution >= 0.6 is 0 Å². The minimum atomic E-state index is -1.77. The molecule has 5 rings (SSSR count). The van der Waals surface area contributed by atoms with Gasteiger partial charge in [0, 0.05) is 37.2 Å². The normalized spacial score (nSPS) is 18.1. The van der Waals surface area contributed by atoms with Gasteiger partial charge in [-0.1, -0.05) is 72.8 Å². The molecule has 1 heterocycles. The number of carbonyl (C=O) groups is 2. The summed E-state index contributed by atoms with van der Waals surface area (Å²) in [6.07, 6.45) is 0.118. The Bertz CT molecular complexity index is 1580. The molecule has 0 saturated carbocycles. The number of nitrogens with zero attached hydrogens (tertiary/aromatic N) is 2. The summed E-state index contributed by atoms with van der Waals surface area (Å²) in [6, 6.07) is 27.9. The van der Waals surface area contributed by atoms with Gasteiger partial charge in [0.25, 0.3) is 5.69 Å². The molecule has 8 nitrogen and oxygen atoms in total. The number of nitrogens with one attached hydrogen (secondary N) is 1. The average molecular weight is 568 g/mol. The number of methoxy groups -OCH3 is 1. The highest BCUT2D eigenvalue weighted by Crippen LogP contribution is 2.51. The van der Waals surface area contributed by atoms with Gasteiger partial charge in [0.2, 0.25) is 11.8 Å². The van der Waals surface area contributed by atoms with E-state index in [1.807, 2.05) is 60.7 Å². The lowest BCUT2D eigenvalue weighted by Gasteiger charge is -2.37. The van der Waals surface area contributed by atoms with Crippen LogP contribution in [0.3, 0.4) is 0 Å². The second kappa shape index (κ2) is 12.2. The molecule has 214 valence electrons. The van der Waals surface area contributed by atoms with Gasteiger partial charge in [0.05, 0.1) is 18.1 Å². The van der Waals surface area contributed by atoms with Crippen LogP contribution in [0.2, 0.25) is 0 Å². The standard InChI is InChI=1S/C33H30FN3O5/c1-42-27-15-12-23(13-16-27)18-19-35-32(39)33(28-20-26(37(40)41)14-17-29(28)34)21-30(38)36(22-24-8-4-2-5-9-24)31(33)25-10-6-3-7-11-25/h2-17,20,31H,18-19,21-22H2,1H3,(H,35,39)/t31-,33+/m1/s1. The van der Waals surface area contributed by atoms with Crippen molar-refractivity contribution < 1.29 is 23.6 Å². The molecule has 4 aromatic rings. The zero-order valence-electron chi connectivity index (χ0n) is 23.0. The Hall–Kier alpha value is -5.05. The van der Waals surface area contributed by atoms with Crippen LogP contribution in [0, 0.1) is 15.9 Å². The van der Waals surface area contributed by atoms with Gasteiger partial charge >= 0.3 is 0 Å². The van der Waals surface area contributed by atoms with Crippen LogP contribution in [0.15, 0.2) is 103 Å². The fraction of sp³-hybridized carbons (Fsp3) is 0.212. The van der Waals surface area contributed by atoms with Crippen LogP contribution in [-0.2, 0) is 28.0 Å². The first-order valence-corrected chi connectivity index (χ1v) is 13.6. The number of halogens is 1. The third-order valence-electron chi connectivity index (χ3n) is 7.74. The van der Waals surface area contributed by atoms with Gasteiger partial charge in [-0.15, -0.1) is 0 Å². The number of nitro benzene ring substituents is 1. The fourth-order valence-corrected chi connectivity index (χ4v) is 5.71. The van der Waals surface area contributed by atoms with Gasteiger partial charge in [0.1, 0.15) is 17.0 Å². The largest absolute Gasteiger partial charge is 0.497 e. The van der Waals surface area contributed by atoms with Crippen molar-refractivity contribution in [1.29, 1.82) is 0 Å². The van der Waals surface area contributed by atoms with E-state index in [1.54, 1.807) is 36.3 Å². The molecule has 1 aliphatic heterocycles. The van der Waals surface area contributed by atoms with Crippen molar-refractivity contribution in [2.24, 2.45) is 0 Å². The quantitative estimate of drug-likeness (QED) is 0.201. The molecule has 42 heavy (non-hydrogen) atoms. The molecule has 0 unspecified atom stereocenters. The number of amides is 2. The van der Waals surface area contributed by atoms with Gasteiger partial charge in [-0.2, -0.15) is 0 Å². The molecule has 1 aliphatic rings. The van der Waals surface area contributed by atoms with Crippen LogP contribution in [0.25, 0.3) is 0 Å². The summed E-state index contributed by atoms with van der Waals surface area (Å²) >= 11 is 0. The van der Waals surface area contributed by atoms with Crippen molar-refractivity contribution in [3.8, 4) is 5.75 Å². The second-order valence-corrected chi connectivity index (χ2v) is 10.2. The van der Waals surface area contributed by atoms with E-state index >= 15 is 4.39 Å². The summed E-state index contributed by atoms with van der Waals surface area (Å²) in [5, 5.41) is 14.7.